The van der Waals surface area contributed by atoms with Gasteiger partial charge < -0.3 is 9.73 Å². The topological polar surface area (TPSA) is 67.2 Å². The van der Waals surface area contributed by atoms with Gasteiger partial charge in [-0.2, -0.15) is 0 Å². The molecule has 31 heavy (non-hydrogen) atoms. The van der Waals surface area contributed by atoms with E-state index in [4.69, 9.17) is 16.6 Å². The van der Waals surface area contributed by atoms with E-state index in [0.29, 0.717) is 17.9 Å². The Balaban J connectivity index is 1.37. The minimum absolute atomic E-state index is 0.241. The summed E-state index contributed by atoms with van der Waals surface area (Å²) in [7, 11) is 0. The number of fused-ring (bicyclic) bond motifs is 1. The summed E-state index contributed by atoms with van der Waals surface area (Å²) in [6, 6.07) is 18.9. The van der Waals surface area contributed by atoms with Gasteiger partial charge in [-0.1, -0.05) is 28.1 Å². The van der Waals surface area contributed by atoms with Crippen LogP contribution in [0.1, 0.15) is 32.9 Å². The molecule has 0 saturated heterocycles. The number of nitrogens with zero attached hydrogens (tertiary/aromatic N) is 1. The molecular weight excluding hydrogens is 474 g/mol. The molecule has 1 amide bonds. The summed E-state index contributed by atoms with van der Waals surface area (Å²) in [5.74, 6) is 0.418. The molecule has 5 nitrogen and oxygen atoms in total. The van der Waals surface area contributed by atoms with Gasteiger partial charge in [0.25, 0.3) is 5.91 Å². The van der Waals surface area contributed by atoms with Crippen molar-refractivity contribution < 1.29 is 9.21 Å². The number of halogens is 1. The lowest BCUT2D eigenvalue weighted by Gasteiger charge is -2.10. The number of aryl methyl sites for hydroxylation is 2. The molecular formula is C24H20BrN3O2S. The number of aromatic nitrogens is 1. The lowest BCUT2D eigenvalue weighted by molar-refractivity contribution is 0.0977. The smallest absolute Gasteiger partial charge is 0.257 e. The molecule has 0 aliphatic heterocycles. The number of nitrogens with one attached hydrogen (secondary N) is 2. The minimum Gasteiger partial charge on any atom is -0.440 e. The number of carbonyl (C=O) groups is 1. The molecule has 0 bridgehead atoms. The number of carbonyl (C=O) groups excluding carboxylic acids is 1. The van der Waals surface area contributed by atoms with Crippen LogP contribution in [0.3, 0.4) is 0 Å². The first kappa shape index (κ1) is 21.2. The van der Waals surface area contributed by atoms with Gasteiger partial charge in [-0.05, 0) is 91.3 Å². The Bertz CT molecular complexity index is 1230. The van der Waals surface area contributed by atoms with Crippen molar-refractivity contribution in [3.05, 3.63) is 93.3 Å². The number of hydrogen-bond donors (Lipinski definition) is 2. The lowest BCUT2D eigenvalue weighted by Crippen LogP contribution is -2.34. The highest BCUT2D eigenvalue weighted by Crippen LogP contribution is 2.22. The van der Waals surface area contributed by atoms with Crippen molar-refractivity contribution in [3.8, 4) is 0 Å². The van der Waals surface area contributed by atoms with E-state index in [0.717, 1.165) is 26.8 Å². The van der Waals surface area contributed by atoms with E-state index < -0.39 is 0 Å². The molecule has 0 fully saturated rings. The largest absolute Gasteiger partial charge is 0.440 e. The van der Waals surface area contributed by atoms with Crippen molar-refractivity contribution in [1.29, 1.82) is 0 Å². The summed E-state index contributed by atoms with van der Waals surface area (Å²) in [5, 5.41) is 5.95. The molecule has 156 valence electrons. The number of hydrogen-bond acceptors (Lipinski definition) is 4. The molecule has 0 radical (unpaired) electrons. The SMILES string of the molecule is Cc1cc2nc(Cc3ccc(NC(=S)NC(=O)c4ccc(Br)cc4)cc3)oc2cc1C. The quantitative estimate of drug-likeness (QED) is 0.345. The van der Waals surface area contributed by atoms with Gasteiger partial charge in [0.1, 0.15) is 5.52 Å². The summed E-state index contributed by atoms with van der Waals surface area (Å²) in [5.41, 5.74) is 6.46. The molecule has 4 aromatic rings. The van der Waals surface area contributed by atoms with E-state index >= 15 is 0 Å². The molecule has 1 heterocycles. The van der Waals surface area contributed by atoms with Gasteiger partial charge >= 0.3 is 0 Å². The van der Waals surface area contributed by atoms with E-state index in [9.17, 15) is 4.79 Å². The number of rotatable bonds is 4. The zero-order chi connectivity index (χ0) is 22.0. The zero-order valence-corrected chi connectivity index (χ0v) is 19.4. The number of benzene rings is 3. The molecule has 3 aromatic carbocycles. The van der Waals surface area contributed by atoms with E-state index in [1.54, 1.807) is 12.1 Å². The van der Waals surface area contributed by atoms with Gasteiger partial charge in [-0.3, -0.25) is 10.1 Å². The number of amides is 1. The van der Waals surface area contributed by atoms with Gasteiger partial charge in [0.05, 0.1) is 0 Å². The molecule has 0 spiro atoms. The van der Waals surface area contributed by atoms with Crippen LogP contribution in [0.4, 0.5) is 5.69 Å². The summed E-state index contributed by atoms with van der Waals surface area (Å²) in [6.45, 7) is 4.13. The Morgan fingerprint density at radius 1 is 1.03 bits per heavy atom. The molecule has 0 aliphatic carbocycles. The highest BCUT2D eigenvalue weighted by molar-refractivity contribution is 9.10. The summed E-state index contributed by atoms with van der Waals surface area (Å²) in [6.07, 6.45) is 0.595. The van der Waals surface area contributed by atoms with Gasteiger partial charge in [-0.25, -0.2) is 4.98 Å². The lowest BCUT2D eigenvalue weighted by atomic mass is 10.1. The highest BCUT2D eigenvalue weighted by Gasteiger charge is 2.10. The fourth-order valence-corrected chi connectivity index (χ4v) is 3.60. The Labute approximate surface area is 194 Å². The third-order valence-electron chi connectivity index (χ3n) is 4.95. The first-order valence-electron chi connectivity index (χ1n) is 9.71. The van der Waals surface area contributed by atoms with E-state index in [-0.39, 0.29) is 11.0 Å². The van der Waals surface area contributed by atoms with Gasteiger partial charge in [0, 0.05) is 22.1 Å². The van der Waals surface area contributed by atoms with Crippen molar-refractivity contribution in [1.82, 2.24) is 10.3 Å². The molecule has 0 saturated carbocycles. The highest BCUT2D eigenvalue weighted by atomic mass is 79.9. The monoisotopic (exact) mass is 493 g/mol. The molecule has 0 atom stereocenters. The van der Waals surface area contributed by atoms with Crippen LogP contribution in [-0.4, -0.2) is 16.0 Å². The molecule has 7 heteroatoms. The second-order valence-corrected chi connectivity index (χ2v) is 8.62. The van der Waals surface area contributed by atoms with Crippen LogP contribution < -0.4 is 10.6 Å². The second kappa shape index (κ2) is 8.99. The number of oxazole rings is 1. The van der Waals surface area contributed by atoms with Crippen molar-refractivity contribution in [2.45, 2.75) is 20.3 Å². The van der Waals surface area contributed by atoms with Crippen LogP contribution >= 0.6 is 28.1 Å². The third kappa shape index (κ3) is 5.18. The second-order valence-electron chi connectivity index (χ2n) is 7.30. The van der Waals surface area contributed by atoms with Crippen LogP contribution in [-0.2, 0) is 6.42 Å². The van der Waals surface area contributed by atoms with Gasteiger partial charge in [0.15, 0.2) is 16.6 Å². The van der Waals surface area contributed by atoms with Crippen LogP contribution in [0.25, 0.3) is 11.1 Å². The molecule has 2 N–H and O–H groups in total. The minimum atomic E-state index is -0.261. The van der Waals surface area contributed by atoms with E-state index in [1.807, 2.05) is 48.5 Å². The zero-order valence-electron chi connectivity index (χ0n) is 17.0. The van der Waals surface area contributed by atoms with Crippen molar-refractivity contribution in [3.63, 3.8) is 0 Å². The number of anilines is 1. The fourth-order valence-electron chi connectivity index (χ4n) is 3.12. The first-order valence-corrected chi connectivity index (χ1v) is 10.9. The van der Waals surface area contributed by atoms with Crippen molar-refractivity contribution in [2.24, 2.45) is 0 Å². The first-order chi connectivity index (χ1) is 14.9. The maximum atomic E-state index is 12.3. The molecule has 4 rings (SSSR count). The maximum Gasteiger partial charge on any atom is 0.257 e. The Hall–Kier alpha value is -3.03. The van der Waals surface area contributed by atoms with Crippen molar-refractivity contribution in [2.75, 3.05) is 5.32 Å². The average molecular weight is 494 g/mol. The Morgan fingerprint density at radius 3 is 2.42 bits per heavy atom. The van der Waals surface area contributed by atoms with Gasteiger partial charge in [-0.15, -0.1) is 0 Å². The Morgan fingerprint density at radius 2 is 1.71 bits per heavy atom. The van der Waals surface area contributed by atoms with E-state index in [2.05, 4.69) is 45.4 Å². The van der Waals surface area contributed by atoms with Crippen molar-refractivity contribution >= 4 is 56.0 Å². The standard InChI is InChI=1S/C24H20BrN3O2S/c1-14-11-20-21(12-15(14)2)30-22(27-20)13-16-3-9-19(10-4-16)26-24(31)28-23(29)17-5-7-18(25)8-6-17/h3-12H,13H2,1-2H3,(H2,26,28,29,31). The van der Waals surface area contributed by atoms with Gasteiger partial charge in [0.2, 0.25) is 0 Å². The Kier molecular flexibility index (Phi) is 6.15. The van der Waals surface area contributed by atoms with Crippen LogP contribution in [0.5, 0.6) is 0 Å². The van der Waals surface area contributed by atoms with E-state index in [1.165, 1.54) is 11.1 Å². The predicted octanol–water partition coefficient (Wildman–Crippen LogP) is 5.92. The van der Waals surface area contributed by atoms with Crippen LogP contribution in [0, 0.1) is 13.8 Å². The predicted molar refractivity (Wildman–Crippen MR) is 131 cm³/mol. The third-order valence-corrected chi connectivity index (χ3v) is 5.68. The van der Waals surface area contributed by atoms with Crippen LogP contribution in [0.2, 0.25) is 0 Å². The molecule has 0 aliphatic rings. The molecule has 0 unspecified atom stereocenters. The average Bonchev–Trinajstić information content (AvgIpc) is 3.11. The number of thiocarbonyl (C=S) groups is 1. The summed E-state index contributed by atoms with van der Waals surface area (Å²) >= 11 is 8.61. The van der Waals surface area contributed by atoms with Crippen LogP contribution in [0.15, 0.2) is 69.6 Å². The molecule has 1 aromatic heterocycles. The maximum absolute atomic E-state index is 12.3. The summed E-state index contributed by atoms with van der Waals surface area (Å²) in [4.78, 5) is 16.9. The normalized spacial score (nSPS) is 10.8. The fraction of sp³-hybridized carbons (Fsp3) is 0.125. The summed E-state index contributed by atoms with van der Waals surface area (Å²) < 4.78 is 6.81.